The van der Waals surface area contributed by atoms with Gasteiger partial charge in [0.25, 0.3) is 0 Å². The van der Waals surface area contributed by atoms with Crippen molar-refractivity contribution >= 4 is 28.4 Å². The van der Waals surface area contributed by atoms with Crippen molar-refractivity contribution in [2.75, 3.05) is 0 Å². The molecule has 0 spiro atoms. The summed E-state index contributed by atoms with van der Waals surface area (Å²) in [4.78, 5) is 0. The van der Waals surface area contributed by atoms with Gasteiger partial charge in [0, 0.05) is 0 Å². The maximum absolute atomic E-state index is 3.06. The molecule has 352 valence electrons. The van der Waals surface area contributed by atoms with E-state index in [2.05, 4.69) is 244 Å². The first-order valence-corrected chi connectivity index (χ1v) is 28.2. The van der Waals surface area contributed by atoms with Crippen LogP contribution in [0.4, 0.5) is 0 Å². The van der Waals surface area contributed by atoms with E-state index in [0.717, 1.165) is 25.7 Å². The van der Waals surface area contributed by atoms with Crippen LogP contribution in [-0.4, -0.2) is 6.88 Å². The molecule has 0 amide bonds. The zero-order valence-electron chi connectivity index (χ0n) is 43.1. The van der Waals surface area contributed by atoms with Crippen molar-refractivity contribution in [3.8, 4) is 44.5 Å². The molecule has 0 saturated heterocycles. The summed E-state index contributed by atoms with van der Waals surface area (Å²) < 4.78 is 0. The first-order valence-electron chi connectivity index (χ1n) is 24.0. The van der Waals surface area contributed by atoms with Gasteiger partial charge in [0.2, 0.25) is 0 Å². The van der Waals surface area contributed by atoms with Crippen molar-refractivity contribution in [2.24, 2.45) is 0 Å². The maximum atomic E-state index is 3.06. The first-order chi connectivity index (χ1) is 32.9. The zero-order chi connectivity index (χ0) is 47.9. The average Bonchev–Trinajstić information content (AvgIpc) is 3.95. The van der Waals surface area contributed by atoms with Gasteiger partial charge in [0.05, 0.1) is 0 Å². The van der Waals surface area contributed by atoms with E-state index in [0.29, 0.717) is 0 Å². The molecular weight excluding hydrogens is 936 g/mol. The van der Waals surface area contributed by atoms with Gasteiger partial charge < -0.3 is 14.9 Å². The van der Waals surface area contributed by atoms with Crippen molar-refractivity contribution in [3.63, 3.8) is 0 Å². The molecule has 0 aromatic heterocycles. The van der Waals surface area contributed by atoms with Gasteiger partial charge in [-0.1, -0.05) is 236 Å². The fraction of sp³-hybridized carbons (Fsp3) is 0.176. The summed E-state index contributed by atoms with van der Waals surface area (Å²) in [5.74, 6) is 0. The Kier molecular flexibility index (Phi) is 18.5. The Morgan fingerprint density at radius 2 is 0.571 bits per heavy atom. The number of hydrogen-bond donors (Lipinski definition) is 0. The van der Waals surface area contributed by atoms with E-state index in [1.165, 1.54) is 156 Å². The molecule has 0 atom stereocenters. The van der Waals surface area contributed by atoms with Crippen LogP contribution < -0.4 is 0 Å². The second-order valence-electron chi connectivity index (χ2n) is 19.2. The van der Waals surface area contributed by atoms with Gasteiger partial charge in [-0.05, 0) is 103 Å². The molecule has 2 heteroatoms. The number of fused-ring (bicyclic) bond motifs is 2. The van der Waals surface area contributed by atoms with E-state index in [9.17, 15) is 0 Å². The van der Waals surface area contributed by atoms with Crippen LogP contribution in [0.25, 0.3) is 66.1 Å². The molecular formula is C68H68SiZr-4. The van der Waals surface area contributed by atoms with Crippen molar-refractivity contribution < 1.29 is 23.3 Å². The van der Waals surface area contributed by atoms with Gasteiger partial charge in [-0.2, -0.15) is 12.1 Å². The van der Waals surface area contributed by atoms with Gasteiger partial charge in [-0.25, -0.2) is 0 Å². The third-order valence-electron chi connectivity index (χ3n) is 13.1. The SMILES string of the molecule is Cc1cc(C)cc(-c2ccc(-c3cc(C)cc(C)c3)c3[cH-]c(CCc4ccccc4)cc23)c1.Cc1cc(C)cc(-c2ccc(-c3cc(C)cc(C)c3)c3[cH-]c(CCc4ccccc4)cc23)c1.[CH3-].[CH3-].[Si]=[Zr]. The average molecular weight is 1000 g/mol. The molecule has 0 fully saturated rings. The van der Waals surface area contributed by atoms with Crippen LogP contribution in [0, 0.1) is 70.2 Å². The summed E-state index contributed by atoms with van der Waals surface area (Å²) in [6.07, 6.45) is 4.23. The summed E-state index contributed by atoms with van der Waals surface area (Å²) in [5, 5.41) is 5.44. The number of rotatable bonds is 10. The second-order valence-corrected chi connectivity index (χ2v) is 19.2. The van der Waals surface area contributed by atoms with Crippen molar-refractivity contribution in [1.29, 1.82) is 0 Å². The Hall–Kier alpha value is -5.92. The standard InChI is InChI=1S/2C33H31.2CH3.Si.Zr/c2*1-22-14-23(2)17-28(16-22)30-12-13-31(29-18-24(3)15-25(4)19-29)33-21-27(20-32(30)33)11-10-26-8-6-5-7-9-26;;;;/h2*5-9,12-21H,10-11H2,1-4H3;2*1H3;;/q4*-1;;. The Bertz CT molecular complexity index is 2860. The van der Waals surface area contributed by atoms with Gasteiger partial charge in [-0.15, -0.1) is 44.8 Å². The van der Waals surface area contributed by atoms with Gasteiger partial charge in [0.15, 0.2) is 0 Å². The Morgan fingerprint density at radius 1 is 0.314 bits per heavy atom. The van der Waals surface area contributed by atoms with E-state index in [1.807, 2.05) is 0 Å². The second kappa shape index (κ2) is 24.3. The molecule has 0 unspecified atom stereocenters. The molecule has 70 heavy (non-hydrogen) atoms. The summed E-state index contributed by atoms with van der Waals surface area (Å²) >= 11 is 1.36. The molecule has 0 saturated carbocycles. The van der Waals surface area contributed by atoms with Crippen LogP contribution in [0.1, 0.15) is 66.8 Å². The van der Waals surface area contributed by atoms with Crippen LogP contribution in [-0.2, 0) is 49.0 Å². The van der Waals surface area contributed by atoms with Crippen LogP contribution in [0.2, 0.25) is 0 Å². The fourth-order valence-electron chi connectivity index (χ4n) is 10.4. The molecule has 10 rings (SSSR count). The van der Waals surface area contributed by atoms with Crippen LogP contribution in [0.15, 0.2) is 182 Å². The van der Waals surface area contributed by atoms with Gasteiger partial charge in [0.1, 0.15) is 0 Å². The van der Waals surface area contributed by atoms with E-state index < -0.39 is 0 Å². The first kappa shape index (κ1) is 53.4. The van der Waals surface area contributed by atoms with Crippen LogP contribution >= 0.6 is 0 Å². The number of aryl methyl sites for hydroxylation is 12. The van der Waals surface area contributed by atoms with Gasteiger partial charge >= 0.3 is 30.2 Å². The number of benzene rings is 8. The third kappa shape index (κ3) is 12.9. The summed E-state index contributed by atoms with van der Waals surface area (Å²) in [6, 6.07) is 68.1. The zero-order valence-corrected chi connectivity index (χ0v) is 46.6. The summed E-state index contributed by atoms with van der Waals surface area (Å²) in [7, 11) is 0. The molecule has 0 heterocycles. The predicted octanol–water partition coefficient (Wildman–Crippen LogP) is 18.3. The minimum atomic E-state index is 0. The predicted molar refractivity (Wildman–Crippen MR) is 305 cm³/mol. The molecule has 0 bridgehead atoms. The van der Waals surface area contributed by atoms with Crippen molar-refractivity contribution in [2.45, 2.75) is 81.1 Å². The quantitative estimate of drug-likeness (QED) is 0.0946. The Balaban J connectivity index is 0.000000216. The number of hydrogen-bond acceptors (Lipinski definition) is 0. The van der Waals surface area contributed by atoms with E-state index in [1.54, 1.807) is 0 Å². The minimum absolute atomic E-state index is 0. The monoisotopic (exact) mass is 1000 g/mol. The molecule has 2 radical (unpaired) electrons. The molecule has 0 aliphatic heterocycles. The molecule has 0 nitrogen and oxygen atoms in total. The Morgan fingerprint density at radius 3 is 0.857 bits per heavy atom. The van der Waals surface area contributed by atoms with Crippen molar-refractivity contribution in [3.05, 3.63) is 264 Å². The molecule has 10 aromatic rings. The fourth-order valence-corrected chi connectivity index (χ4v) is 10.4. The van der Waals surface area contributed by atoms with E-state index in [-0.39, 0.29) is 14.9 Å². The van der Waals surface area contributed by atoms with E-state index >= 15 is 0 Å². The summed E-state index contributed by atoms with van der Waals surface area (Å²) in [5.41, 5.74) is 26.7. The molecule has 0 aliphatic carbocycles. The van der Waals surface area contributed by atoms with Crippen LogP contribution in [0.5, 0.6) is 0 Å². The molecule has 0 N–H and O–H groups in total. The Labute approximate surface area is 437 Å². The van der Waals surface area contributed by atoms with E-state index in [4.69, 9.17) is 0 Å². The topological polar surface area (TPSA) is 0 Å². The van der Waals surface area contributed by atoms with Gasteiger partial charge in [-0.3, -0.25) is 0 Å². The normalized spacial score (nSPS) is 10.7. The molecule has 0 aliphatic rings. The molecule has 10 aromatic carbocycles. The third-order valence-corrected chi connectivity index (χ3v) is 13.1. The summed E-state index contributed by atoms with van der Waals surface area (Å²) in [6.45, 7) is 20.6. The van der Waals surface area contributed by atoms with Crippen molar-refractivity contribution in [1.82, 2.24) is 0 Å². The van der Waals surface area contributed by atoms with Crippen LogP contribution in [0.3, 0.4) is 0 Å².